The Bertz CT molecular complexity index is 908. The van der Waals surface area contributed by atoms with Crippen molar-refractivity contribution in [3.8, 4) is 0 Å². The number of rotatable bonds is 4. The zero-order valence-electron chi connectivity index (χ0n) is 13.7. The minimum atomic E-state index is -0.287. The van der Waals surface area contributed by atoms with Gasteiger partial charge in [0.2, 0.25) is 0 Å². The minimum absolute atomic E-state index is 0.230. The van der Waals surface area contributed by atoms with Gasteiger partial charge in [0.25, 0.3) is 11.8 Å². The second kappa shape index (κ2) is 7.40. The standard InChI is InChI=1S/C20H17N3O2/c1-14-6-4-7-15(12-14)19(24)22-17-9-2-3-10-18(17)23-20(25)16-8-5-11-21-13-16/h2-13H,1H3,(H,22,24)(H,23,25). The normalized spacial score (nSPS) is 10.1. The summed E-state index contributed by atoms with van der Waals surface area (Å²) in [5, 5.41) is 5.64. The van der Waals surface area contributed by atoms with Gasteiger partial charge in [-0.25, -0.2) is 0 Å². The molecule has 0 aliphatic heterocycles. The van der Waals surface area contributed by atoms with E-state index in [4.69, 9.17) is 0 Å². The molecule has 124 valence electrons. The van der Waals surface area contributed by atoms with Gasteiger partial charge in [0.1, 0.15) is 0 Å². The van der Waals surface area contributed by atoms with Crippen molar-refractivity contribution in [2.24, 2.45) is 0 Å². The number of carbonyl (C=O) groups is 2. The van der Waals surface area contributed by atoms with E-state index in [-0.39, 0.29) is 11.8 Å². The fourth-order valence-corrected chi connectivity index (χ4v) is 2.37. The van der Waals surface area contributed by atoms with Crippen LogP contribution in [0.4, 0.5) is 11.4 Å². The van der Waals surface area contributed by atoms with Crippen molar-refractivity contribution in [1.82, 2.24) is 4.98 Å². The van der Waals surface area contributed by atoms with Crippen LogP contribution in [0.2, 0.25) is 0 Å². The average Bonchev–Trinajstić information content (AvgIpc) is 2.64. The third-order valence-corrected chi connectivity index (χ3v) is 3.63. The van der Waals surface area contributed by atoms with Crippen molar-refractivity contribution >= 4 is 23.2 Å². The maximum Gasteiger partial charge on any atom is 0.257 e. The molecule has 0 spiro atoms. The number of hydrogen-bond donors (Lipinski definition) is 2. The maximum atomic E-state index is 12.4. The van der Waals surface area contributed by atoms with Gasteiger partial charge in [-0.3, -0.25) is 14.6 Å². The Kier molecular flexibility index (Phi) is 4.85. The molecular formula is C20H17N3O2. The van der Waals surface area contributed by atoms with Crippen molar-refractivity contribution in [3.63, 3.8) is 0 Å². The first kappa shape index (κ1) is 16.4. The lowest BCUT2D eigenvalue weighted by Crippen LogP contribution is -2.17. The number of aryl methyl sites for hydroxylation is 1. The number of amides is 2. The van der Waals surface area contributed by atoms with Gasteiger partial charge in [0.05, 0.1) is 16.9 Å². The number of nitrogens with one attached hydrogen (secondary N) is 2. The molecule has 2 amide bonds. The van der Waals surface area contributed by atoms with Crippen LogP contribution in [0, 0.1) is 6.92 Å². The van der Waals surface area contributed by atoms with E-state index in [1.54, 1.807) is 48.7 Å². The highest BCUT2D eigenvalue weighted by atomic mass is 16.2. The Morgan fingerprint density at radius 1 is 0.800 bits per heavy atom. The highest BCUT2D eigenvalue weighted by Crippen LogP contribution is 2.22. The van der Waals surface area contributed by atoms with E-state index in [9.17, 15) is 9.59 Å². The Morgan fingerprint density at radius 2 is 1.44 bits per heavy atom. The number of nitrogens with zero attached hydrogens (tertiary/aromatic N) is 1. The number of anilines is 2. The van der Waals surface area contributed by atoms with E-state index in [1.807, 2.05) is 25.1 Å². The number of para-hydroxylation sites is 2. The van der Waals surface area contributed by atoms with Gasteiger partial charge in [-0.15, -0.1) is 0 Å². The largest absolute Gasteiger partial charge is 0.320 e. The molecule has 2 N–H and O–H groups in total. The summed E-state index contributed by atoms with van der Waals surface area (Å²) in [6.45, 7) is 1.93. The van der Waals surface area contributed by atoms with Crippen LogP contribution >= 0.6 is 0 Å². The van der Waals surface area contributed by atoms with Gasteiger partial charge in [0, 0.05) is 18.0 Å². The Hall–Kier alpha value is -3.47. The van der Waals surface area contributed by atoms with Crippen LogP contribution in [0.5, 0.6) is 0 Å². The molecule has 0 fully saturated rings. The van der Waals surface area contributed by atoms with Crippen molar-refractivity contribution in [1.29, 1.82) is 0 Å². The third kappa shape index (κ3) is 4.09. The molecule has 0 aliphatic carbocycles. The van der Waals surface area contributed by atoms with Gasteiger partial charge in [-0.1, -0.05) is 29.8 Å². The zero-order chi connectivity index (χ0) is 17.6. The molecule has 3 aromatic rings. The average molecular weight is 331 g/mol. The van der Waals surface area contributed by atoms with Crippen LogP contribution in [0.1, 0.15) is 26.3 Å². The van der Waals surface area contributed by atoms with Crippen molar-refractivity contribution < 1.29 is 9.59 Å². The van der Waals surface area contributed by atoms with E-state index in [0.717, 1.165) is 5.56 Å². The topological polar surface area (TPSA) is 71.1 Å². The second-order valence-electron chi connectivity index (χ2n) is 5.57. The van der Waals surface area contributed by atoms with E-state index < -0.39 is 0 Å². The SMILES string of the molecule is Cc1cccc(C(=O)Nc2ccccc2NC(=O)c2cccnc2)c1. The summed E-state index contributed by atoms with van der Waals surface area (Å²) in [5.74, 6) is -0.517. The van der Waals surface area contributed by atoms with Crippen molar-refractivity contribution in [3.05, 3.63) is 89.7 Å². The number of pyridine rings is 1. The molecule has 5 heteroatoms. The summed E-state index contributed by atoms with van der Waals surface area (Å²) in [5.41, 5.74) is 3.07. The van der Waals surface area contributed by atoms with Crippen molar-refractivity contribution in [2.45, 2.75) is 6.92 Å². The molecule has 0 bridgehead atoms. The lowest BCUT2D eigenvalue weighted by molar-refractivity contribution is 0.101. The number of hydrogen-bond acceptors (Lipinski definition) is 3. The van der Waals surface area contributed by atoms with Crippen LogP contribution in [-0.2, 0) is 0 Å². The van der Waals surface area contributed by atoms with Crippen LogP contribution in [0.15, 0.2) is 73.1 Å². The maximum absolute atomic E-state index is 12.4. The van der Waals surface area contributed by atoms with Gasteiger partial charge in [-0.05, 0) is 43.3 Å². The molecule has 0 atom stereocenters. The molecule has 0 aliphatic rings. The molecule has 3 rings (SSSR count). The van der Waals surface area contributed by atoms with Crippen molar-refractivity contribution in [2.75, 3.05) is 10.6 Å². The van der Waals surface area contributed by atoms with E-state index in [0.29, 0.717) is 22.5 Å². The summed E-state index contributed by atoms with van der Waals surface area (Å²) < 4.78 is 0. The van der Waals surface area contributed by atoms with Gasteiger partial charge in [-0.2, -0.15) is 0 Å². The quantitative estimate of drug-likeness (QED) is 0.762. The molecule has 2 aromatic carbocycles. The monoisotopic (exact) mass is 331 g/mol. The van der Waals surface area contributed by atoms with Crippen LogP contribution in [0.25, 0.3) is 0 Å². The van der Waals surface area contributed by atoms with E-state index >= 15 is 0 Å². The lowest BCUT2D eigenvalue weighted by Gasteiger charge is -2.12. The molecule has 0 radical (unpaired) electrons. The first-order valence-corrected chi connectivity index (χ1v) is 7.82. The minimum Gasteiger partial charge on any atom is -0.320 e. The molecule has 0 unspecified atom stereocenters. The highest BCUT2D eigenvalue weighted by Gasteiger charge is 2.12. The molecular weight excluding hydrogens is 314 g/mol. The van der Waals surface area contributed by atoms with E-state index in [1.165, 1.54) is 6.20 Å². The molecule has 1 heterocycles. The summed E-state index contributed by atoms with van der Waals surface area (Å²) in [4.78, 5) is 28.7. The smallest absolute Gasteiger partial charge is 0.257 e. The number of benzene rings is 2. The van der Waals surface area contributed by atoms with Gasteiger partial charge >= 0.3 is 0 Å². The molecule has 1 aromatic heterocycles. The number of aromatic nitrogens is 1. The predicted molar refractivity (Wildman–Crippen MR) is 97.8 cm³/mol. The Labute approximate surface area is 145 Å². The van der Waals surface area contributed by atoms with Crippen LogP contribution < -0.4 is 10.6 Å². The van der Waals surface area contributed by atoms with Crippen LogP contribution in [0.3, 0.4) is 0 Å². The fourth-order valence-electron chi connectivity index (χ4n) is 2.37. The van der Waals surface area contributed by atoms with Gasteiger partial charge in [0.15, 0.2) is 0 Å². The first-order valence-electron chi connectivity index (χ1n) is 7.82. The summed E-state index contributed by atoms with van der Waals surface area (Å²) >= 11 is 0. The fraction of sp³-hybridized carbons (Fsp3) is 0.0500. The zero-order valence-corrected chi connectivity index (χ0v) is 13.7. The van der Waals surface area contributed by atoms with E-state index in [2.05, 4.69) is 15.6 Å². The Balaban J connectivity index is 1.79. The first-order chi connectivity index (χ1) is 12.1. The summed E-state index contributed by atoms with van der Waals surface area (Å²) in [6.07, 6.45) is 3.09. The Morgan fingerprint density at radius 3 is 2.04 bits per heavy atom. The summed E-state index contributed by atoms with van der Waals surface area (Å²) in [7, 11) is 0. The van der Waals surface area contributed by atoms with Crippen LogP contribution in [-0.4, -0.2) is 16.8 Å². The number of carbonyl (C=O) groups excluding carboxylic acids is 2. The lowest BCUT2D eigenvalue weighted by atomic mass is 10.1. The molecule has 0 saturated carbocycles. The molecule has 25 heavy (non-hydrogen) atoms. The highest BCUT2D eigenvalue weighted by molar-refractivity contribution is 6.09. The van der Waals surface area contributed by atoms with Gasteiger partial charge < -0.3 is 10.6 Å². The molecule has 0 saturated heterocycles. The predicted octanol–water partition coefficient (Wildman–Crippen LogP) is 3.89. The second-order valence-corrected chi connectivity index (χ2v) is 5.57. The third-order valence-electron chi connectivity index (χ3n) is 3.63. The molecule has 5 nitrogen and oxygen atoms in total. The summed E-state index contributed by atoms with van der Waals surface area (Å²) in [6, 6.07) is 17.8.